The molecule has 0 unspecified atom stereocenters. The number of aromatic nitrogens is 5. The quantitative estimate of drug-likeness (QED) is 0.689. The Hall–Kier alpha value is -3.07. The van der Waals surface area contributed by atoms with Crippen LogP contribution in [0, 0.1) is 0 Å². The second kappa shape index (κ2) is 6.92. The normalized spacial score (nSPS) is 14.5. The first-order valence-corrected chi connectivity index (χ1v) is 8.92. The summed E-state index contributed by atoms with van der Waals surface area (Å²) in [6.07, 6.45) is 4.87. The Labute approximate surface area is 155 Å². The van der Waals surface area contributed by atoms with Crippen LogP contribution in [-0.2, 0) is 11.3 Å². The molecular formula is C18H21N7O2. The molecule has 1 aliphatic heterocycles. The van der Waals surface area contributed by atoms with Gasteiger partial charge in [0.15, 0.2) is 0 Å². The number of rotatable bonds is 5. The summed E-state index contributed by atoms with van der Waals surface area (Å²) in [6, 6.07) is 3.48. The van der Waals surface area contributed by atoms with Gasteiger partial charge >= 0.3 is 0 Å². The monoisotopic (exact) mass is 367 g/mol. The fourth-order valence-electron chi connectivity index (χ4n) is 3.04. The van der Waals surface area contributed by atoms with E-state index in [0.717, 1.165) is 24.5 Å². The van der Waals surface area contributed by atoms with Gasteiger partial charge in [-0.1, -0.05) is 13.8 Å². The van der Waals surface area contributed by atoms with Crippen molar-refractivity contribution >= 4 is 17.2 Å². The number of hydrogen-bond acceptors (Lipinski definition) is 6. The Morgan fingerprint density at radius 3 is 2.85 bits per heavy atom. The summed E-state index contributed by atoms with van der Waals surface area (Å²) in [4.78, 5) is 33.0. The Morgan fingerprint density at radius 2 is 2.22 bits per heavy atom. The third-order valence-corrected chi connectivity index (χ3v) is 4.72. The van der Waals surface area contributed by atoms with Crippen LogP contribution in [0.25, 0.3) is 5.52 Å². The standard InChI is InChI=1S/C18H21N7O2/c1-11(2)12-5-14-18(27)25(9-16(26)22-15-3-4-19-10-21-15)23-17(24(14)8-12)13-6-20-7-13/h3-5,8,10-11,13,20H,6-7,9H2,1-2H3,(H,19,21,22,26). The van der Waals surface area contributed by atoms with Crippen LogP contribution in [-0.4, -0.2) is 43.1 Å². The highest BCUT2D eigenvalue weighted by Gasteiger charge is 2.26. The molecule has 0 atom stereocenters. The van der Waals surface area contributed by atoms with E-state index in [1.807, 2.05) is 16.7 Å². The van der Waals surface area contributed by atoms with E-state index in [1.54, 1.807) is 6.07 Å². The smallest absolute Gasteiger partial charge is 0.291 e. The molecule has 0 saturated carbocycles. The second-order valence-corrected chi connectivity index (χ2v) is 7.00. The molecule has 1 saturated heterocycles. The Bertz CT molecular complexity index is 1040. The van der Waals surface area contributed by atoms with Crippen molar-refractivity contribution < 1.29 is 4.79 Å². The van der Waals surface area contributed by atoms with Crippen LogP contribution in [0.15, 0.2) is 35.6 Å². The minimum atomic E-state index is -0.360. The molecule has 4 heterocycles. The van der Waals surface area contributed by atoms with Gasteiger partial charge in [0.1, 0.15) is 30.0 Å². The molecule has 1 amide bonds. The lowest BCUT2D eigenvalue weighted by Gasteiger charge is -2.27. The number of fused-ring (bicyclic) bond motifs is 1. The Morgan fingerprint density at radius 1 is 1.41 bits per heavy atom. The molecule has 27 heavy (non-hydrogen) atoms. The molecule has 3 aromatic heterocycles. The van der Waals surface area contributed by atoms with Gasteiger partial charge in [0.2, 0.25) is 5.91 Å². The molecule has 0 radical (unpaired) electrons. The van der Waals surface area contributed by atoms with Crippen molar-refractivity contribution in [1.82, 2.24) is 29.5 Å². The number of carbonyl (C=O) groups is 1. The maximum atomic E-state index is 12.9. The van der Waals surface area contributed by atoms with Gasteiger partial charge < -0.3 is 10.6 Å². The Kier molecular flexibility index (Phi) is 4.44. The van der Waals surface area contributed by atoms with E-state index in [1.165, 1.54) is 17.2 Å². The zero-order valence-corrected chi connectivity index (χ0v) is 15.2. The van der Waals surface area contributed by atoms with Gasteiger partial charge in [-0.3, -0.25) is 14.0 Å². The van der Waals surface area contributed by atoms with Gasteiger partial charge in [0.05, 0.1) is 0 Å². The molecule has 0 spiro atoms. The molecule has 0 aromatic carbocycles. The summed E-state index contributed by atoms with van der Waals surface area (Å²) in [7, 11) is 0. The van der Waals surface area contributed by atoms with Crippen LogP contribution in [0.1, 0.15) is 37.1 Å². The number of anilines is 1. The van der Waals surface area contributed by atoms with E-state index < -0.39 is 0 Å². The lowest BCUT2D eigenvalue weighted by Crippen LogP contribution is -2.43. The fourth-order valence-corrected chi connectivity index (χ4v) is 3.04. The molecule has 4 rings (SSSR count). The minimum Gasteiger partial charge on any atom is -0.315 e. The van der Waals surface area contributed by atoms with Gasteiger partial charge in [0.25, 0.3) is 5.56 Å². The largest absolute Gasteiger partial charge is 0.315 e. The van der Waals surface area contributed by atoms with E-state index >= 15 is 0 Å². The highest BCUT2D eigenvalue weighted by molar-refractivity contribution is 5.89. The Balaban J connectivity index is 1.70. The summed E-state index contributed by atoms with van der Waals surface area (Å²) in [5, 5.41) is 10.4. The van der Waals surface area contributed by atoms with Gasteiger partial charge in [-0.25, -0.2) is 14.6 Å². The van der Waals surface area contributed by atoms with E-state index in [4.69, 9.17) is 0 Å². The first-order valence-electron chi connectivity index (χ1n) is 8.92. The predicted molar refractivity (Wildman–Crippen MR) is 99.8 cm³/mol. The molecule has 140 valence electrons. The molecule has 1 aliphatic rings. The first kappa shape index (κ1) is 17.3. The van der Waals surface area contributed by atoms with Crippen LogP contribution in [0.2, 0.25) is 0 Å². The second-order valence-electron chi connectivity index (χ2n) is 7.00. The summed E-state index contributed by atoms with van der Waals surface area (Å²) in [5.41, 5.74) is 1.34. The number of nitrogens with one attached hydrogen (secondary N) is 2. The zero-order chi connectivity index (χ0) is 19.0. The minimum absolute atomic E-state index is 0.172. The molecule has 2 N–H and O–H groups in total. The summed E-state index contributed by atoms with van der Waals surface area (Å²) in [6.45, 7) is 5.61. The molecule has 1 fully saturated rings. The van der Waals surface area contributed by atoms with Crippen molar-refractivity contribution in [2.24, 2.45) is 0 Å². The zero-order valence-electron chi connectivity index (χ0n) is 15.2. The number of nitrogens with zero attached hydrogens (tertiary/aromatic N) is 5. The van der Waals surface area contributed by atoms with Crippen LogP contribution in [0.5, 0.6) is 0 Å². The van der Waals surface area contributed by atoms with Crippen molar-refractivity contribution in [3.63, 3.8) is 0 Å². The van der Waals surface area contributed by atoms with Crippen molar-refractivity contribution in [1.29, 1.82) is 0 Å². The molecular weight excluding hydrogens is 346 g/mol. The SMILES string of the molecule is CC(C)c1cc2c(=O)n(CC(=O)Nc3ccncn3)nc(C3CNC3)n2c1. The number of hydrogen-bond donors (Lipinski definition) is 2. The molecule has 3 aromatic rings. The van der Waals surface area contributed by atoms with E-state index in [2.05, 4.69) is 39.5 Å². The average molecular weight is 367 g/mol. The molecule has 9 heteroatoms. The predicted octanol–water partition coefficient (Wildman–Crippen LogP) is 0.735. The van der Waals surface area contributed by atoms with E-state index in [9.17, 15) is 9.59 Å². The average Bonchev–Trinajstić information content (AvgIpc) is 3.04. The van der Waals surface area contributed by atoms with Crippen molar-refractivity contribution in [2.75, 3.05) is 18.4 Å². The summed E-state index contributed by atoms with van der Waals surface area (Å²) < 4.78 is 3.12. The lowest BCUT2D eigenvalue weighted by molar-refractivity contribution is -0.117. The highest BCUT2D eigenvalue weighted by atomic mass is 16.2. The third kappa shape index (κ3) is 3.33. The number of amides is 1. The van der Waals surface area contributed by atoms with Gasteiger partial charge in [-0.05, 0) is 23.6 Å². The van der Waals surface area contributed by atoms with E-state index in [-0.39, 0.29) is 23.9 Å². The first-order chi connectivity index (χ1) is 13.0. The van der Waals surface area contributed by atoms with Crippen molar-refractivity contribution in [2.45, 2.75) is 32.2 Å². The van der Waals surface area contributed by atoms with Gasteiger partial charge in [-0.15, -0.1) is 0 Å². The molecule has 0 bridgehead atoms. The maximum absolute atomic E-state index is 12.9. The van der Waals surface area contributed by atoms with Crippen LogP contribution in [0.4, 0.5) is 5.82 Å². The van der Waals surface area contributed by atoms with Crippen LogP contribution >= 0.6 is 0 Å². The fraction of sp³-hybridized carbons (Fsp3) is 0.389. The summed E-state index contributed by atoms with van der Waals surface area (Å²) in [5.74, 6) is 1.34. The molecule has 9 nitrogen and oxygen atoms in total. The van der Waals surface area contributed by atoms with Crippen LogP contribution in [0.3, 0.4) is 0 Å². The van der Waals surface area contributed by atoms with Crippen LogP contribution < -0.4 is 16.2 Å². The topological polar surface area (TPSA) is 106 Å². The lowest BCUT2D eigenvalue weighted by atomic mass is 10.0. The van der Waals surface area contributed by atoms with Crippen molar-refractivity contribution in [3.8, 4) is 0 Å². The van der Waals surface area contributed by atoms with E-state index in [0.29, 0.717) is 17.3 Å². The maximum Gasteiger partial charge on any atom is 0.291 e. The summed E-state index contributed by atoms with van der Waals surface area (Å²) >= 11 is 0. The third-order valence-electron chi connectivity index (χ3n) is 4.72. The molecule has 0 aliphatic carbocycles. The van der Waals surface area contributed by atoms with Gasteiger partial charge in [-0.2, -0.15) is 5.10 Å². The highest BCUT2D eigenvalue weighted by Crippen LogP contribution is 2.22. The number of carbonyl (C=O) groups excluding carboxylic acids is 1. The van der Waals surface area contributed by atoms with Crippen molar-refractivity contribution in [3.05, 3.63) is 52.6 Å². The van der Waals surface area contributed by atoms with Gasteiger partial charge in [0, 0.05) is 31.4 Å².